The third-order valence-corrected chi connectivity index (χ3v) is 2.28. The second-order valence-corrected chi connectivity index (χ2v) is 3.25. The predicted molar refractivity (Wildman–Crippen MR) is 55.9 cm³/mol. The van der Waals surface area contributed by atoms with E-state index in [9.17, 15) is 0 Å². The van der Waals surface area contributed by atoms with Gasteiger partial charge in [-0.2, -0.15) is 15.0 Å². The van der Waals surface area contributed by atoms with Gasteiger partial charge in [0.25, 0.3) is 0 Å². The third-order valence-electron chi connectivity index (χ3n) is 2.28. The molecule has 0 N–H and O–H groups in total. The number of aromatic nitrogens is 3. The van der Waals surface area contributed by atoms with Crippen LogP contribution in [0.5, 0.6) is 5.75 Å². The Bertz CT molecular complexity index is 503. The standard InChI is InChI=1S/C11H9N3O/c1-2-9-8-10(14-12-5-6-13-14)3-4-11(9)15-7-1/h1-6,8H,7H2. The summed E-state index contributed by atoms with van der Waals surface area (Å²) < 4.78 is 5.46. The Kier molecular flexibility index (Phi) is 1.78. The van der Waals surface area contributed by atoms with E-state index in [0.717, 1.165) is 17.0 Å². The first-order chi connectivity index (χ1) is 7.43. The largest absolute Gasteiger partial charge is 0.489 e. The molecule has 0 atom stereocenters. The second kappa shape index (κ2) is 3.24. The summed E-state index contributed by atoms with van der Waals surface area (Å²) in [4.78, 5) is 1.59. The van der Waals surface area contributed by atoms with Crippen molar-refractivity contribution in [1.29, 1.82) is 0 Å². The van der Waals surface area contributed by atoms with Crippen molar-refractivity contribution in [3.05, 3.63) is 42.2 Å². The van der Waals surface area contributed by atoms with E-state index in [0.29, 0.717) is 6.61 Å². The van der Waals surface area contributed by atoms with Gasteiger partial charge in [-0.1, -0.05) is 6.08 Å². The lowest BCUT2D eigenvalue weighted by Crippen LogP contribution is -2.03. The fourth-order valence-electron chi connectivity index (χ4n) is 1.58. The van der Waals surface area contributed by atoms with E-state index in [1.54, 1.807) is 17.2 Å². The third kappa shape index (κ3) is 1.40. The van der Waals surface area contributed by atoms with Gasteiger partial charge in [-0.15, -0.1) is 0 Å². The molecule has 1 aliphatic heterocycles. The molecule has 0 saturated carbocycles. The first kappa shape index (κ1) is 8.23. The maximum Gasteiger partial charge on any atom is 0.127 e. The number of fused-ring (bicyclic) bond motifs is 1. The van der Waals surface area contributed by atoms with Crippen molar-refractivity contribution in [3.8, 4) is 11.4 Å². The summed E-state index contributed by atoms with van der Waals surface area (Å²) in [7, 11) is 0. The molecule has 1 aromatic heterocycles. The van der Waals surface area contributed by atoms with Crippen LogP contribution in [0.4, 0.5) is 0 Å². The molecule has 15 heavy (non-hydrogen) atoms. The maximum atomic E-state index is 5.46. The summed E-state index contributed by atoms with van der Waals surface area (Å²) in [6.45, 7) is 0.645. The number of hydrogen-bond donors (Lipinski definition) is 0. The van der Waals surface area contributed by atoms with E-state index >= 15 is 0 Å². The molecule has 2 aromatic rings. The average molecular weight is 199 g/mol. The fourth-order valence-corrected chi connectivity index (χ4v) is 1.58. The first-order valence-electron chi connectivity index (χ1n) is 4.73. The maximum absolute atomic E-state index is 5.46. The zero-order chi connectivity index (χ0) is 10.1. The minimum Gasteiger partial charge on any atom is -0.489 e. The van der Waals surface area contributed by atoms with E-state index in [2.05, 4.69) is 10.2 Å². The Morgan fingerprint density at radius 2 is 2.07 bits per heavy atom. The van der Waals surface area contributed by atoms with Crippen LogP contribution >= 0.6 is 0 Å². The van der Waals surface area contributed by atoms with Crippen molar-refractivity contribution in [2.45, 2.75) is 0 Å². The van der Waals surface area contributed by atoms with Crippen molar-refractivity contribution in [2.75, 3.05) is 6.61 Å². The minimum absolute atomic E-state index is 0.645. The smallest absolute Gasteiger partial charge is 0.127 e. The lowest BCUT2D eigenvalue weighted by Gasteiger charge is -2.12. The summed E-state index contributed by atoms with van der Waals surface area (Å²) in [6, 6.07) is 5.89. The van der Waals surface area contributed by atoms with E-state index in [1.807, 2.05) is 30.4 Å². The highest BCUT2D eigenvalue weighted by molar-refractivity contribution is 5.62. The first-order valence-corrected chi connectivity index (χ1v) is 4.73. The van der Waals surface area contributed by atoms with E-state index in [1.165, 1.54) is 0 Å². The summed E-state index contributed by atoms with van der Waals surface area (Å²) in [5.74, 6) is 0.911. The van der Waals surface area contributed by atoms with Crippen molar-refractivity contribution in [2.24, 2.45) is 0 Å². The molecule has 0 fully saturated rings. The molecule has 4 nitrogen and oxygen atoms in total. The van der Waals surface area contributed by atoms with Crippen LogP contribution in [0.3, 0.4) is 0 Å². The molecule has 0 spiro atoms. The SMILES string of the molecule is C1=Cc2cc(-n3nccn3)ccc2OC1. The van der Waals surface area contributed by atoms with Crippen LogP contribution in [0.1, 0.15) is 5.56 Å². The highest BCUT2D eigenvalue weighted by Gasteiger charge is 2.07. The predicted octanol–water partition coefficient (Wildman–Crippen LogP) is 1.67. The Labute approximate surface area is 86.8 Å². The van der Waals surface area contributed by atoms with Gasteiger partial charge in [0, 0.05) is 5.56 Å². The van der Waals surface area contributed by atoms with E-state index < -0.39 is 0 Å². The summed E-state index contributed by atoms with van der Waals surface area (Å²) in [5.41, 5.74) is 2.00. The molecular formula is C11H9N3O. The van der Waals surface area contributed by atoms with Crippen molar-refractivity contribution in [1.82, 2.24) is 15.0 Å². The van der Waals surface area contributed by atoms with Gasteiger partial charge < -0.3 is 4.74 Å². The summed E-state index contributed by atoms with van der Waals surface area (Å²) in [5, 5.41) is 8.15. The van der Waals surface area contributed by atoms with Crippen LogP contribution < -0.4 is 4.74 Å². The van der Waals surface area contributed by atoms with Gasteiger partial charge in [-0.3, -0.25) is 0 Å². The molecule has 0 amide bonds. The molecule has 0 radical (unpaired) electrons. The number of ether oxygens (including phenoxy) is 1. The van der Waals surface area contributed by atoms with Crippen LogP contribution in [-0.2, 0) is 0 Å². The zero-order valence-electron chi connectivity index (χ0n) is 8.00. The molecule has 1 aromatic carbocycles. The molecule has 4 heteroatoms. The van der Waals surface area contributed by atoms with Gasteiger partial charge >= 0.3 is 0 Å². The van der Waals surface area contributed by atoms with Crippen LogP contribution in [0, 0.1) is 0 Å². The van der Waals surface area contributed by atoms with Gasteiger partial charge in [0.15, 0.2) is 0 Å². The second-order valence-electron chi connectivity index (χ2n) is 3.25. The van der Waals surface area contributed by atoms with Gasteiger partial charge in [-0.05, 0) is 24.3 Å². The Morgan fingerprint density at radius 1 is 1.20 bits per heavy atom. The van der Waals surface area contributed by atoms with Crippen molar-refractivity contribution >= 4 is 6.08 Å². The fraction of sp³-hybridized carbons (Fsp3) is 0.0909. The Balaban J connectivity index is 2.10. The molecular weight excluding hydrogens is 190 g/mol. The highest BCUT2D eigenvalue weighted by atomic mass is 16.5. The molecule has 3 rings (SSSR count). The molecule has 74 valence electrons. The molecule has 0 aliphatic carbocycles. The van der Waals surface area contributed by atoms with Crippen molar-refractivity contribution < 1.29 is 4.74 Å². The summed E-state index contributed by atoms with van der Waals surface area (Å²) in [6.07, 6.45) is 7.35. The highest BCUT2D eigenvalue weighted by Crippen LogP contribution is 2.25. The lowest BCUT2D eigenvalue weighted by atomic mass is 10.1. The number of hydrogen-bond acceptors (Lipinski definition) is 3. The van der Waals surface area contributed by atoms with Crippen molar-refractivity contribution in [3.63, 3.8) is 0 Å². The average Bonchev–Trinajstić information content (AvgIpc) is 2.82. The summed E-state index contributed by atoms with van der Waals surface area (Å²) >= 11 is 0. The van der Waals surface area contributed by atoms with Crippen LogP contribution in [0.2, 0.25) is 0 Å². The number of benzene rings is 1. The monoisotopic (exact) mass is 199 g/mol. The molecule has 1 aliphatic rings. The molecule has 0 saturated heterocycles. The lowest BCUT2D eigenvalue weighted by molar-refractivity contribution is 0.358. The molecule has 2 heterocycles. The van der Waals surface area contributed by atoms with Gasteiger partial charge in [0.1, 0.15) is 12.4 Å². The van der Waals surface area contributed by atoms with Gasteiger partial charge in [-0.25, -0.2) is 0 Å². The minimum atomic E-state index is 0.645. The zero-order valence-corrected chi connectivity index (χ0v) is 8.00. The van der Waals surface area contributed by atoms with Crippen LogP contribution in [-0.4, -0.2) is 21.6 Å². The van der Waals surface area contributed by atoms with Crippen LogP contribution in [0.25, 0.3) is 11.8 Å². The number of nitrogens with zero attached hydrogens (tertiary/aromatic N) is 3. The van der Waals surface area contributed by atoms with E-state index in [-0.39, 0.29) is 0 Å². The van der Waals surface area contributed by atoms with Crippen LogP contribution in [0.15, 0.2) is 36.7 Å². The topological polar surface area (TPSA) is 39.9 Å². The molecule has 0 bridgehead atoms. The van der Waals surface area contributed by atoms with Gasteiger partial charge in [0.05, 0.1) is 18.1 Å². The quantitative estimate of drug-likeness (QED) is 0.701. The molecule has 0 unspecified atom stereocenters. The number of rotatable bonds is 1. The Hall–Kier alpha value is -2.10. The van der Waals surface area contributed by atoms with E-state index in [4.69, 9.17) is 4.74 Å². The normalized spacial score (nSPS) is 13.3. The van der Waals surface area contributed by atoms with Gasteiger partial charge in [0.2, 0.25) is 0 Å². The Morgan fingerprint density at radius 3 is 2.93 bits per heavy atom.